The van der Waals surface area contributed by atoms with Crippen LogP contribution in [0.2, 0.25) is 5.02 Å². The fourth-order valence-electron chi connectivity index (χ4n) is 2.50. The Balaban J connectivity index is 1.62. The van der Waals surface area contributed by atoms with Crippen LogP contribution in [-0.4, -0.2) is 31.0 Å². The average Bonchev–Trinajstić information content (AvgIpc) is 2.62. The van der Waals surface area contributed by atoms with E-state index in [1.807, 2.05) is 60.7 Å². The zero-order chi connectivity index (χ0) is 16.9. The minimum atomic E-state index is -0.0245. The Morgan fingerprint density at radius 2 is 1.71 bits per heavy atom. The van der Waals surface area contributed by atoms with Crippen molar-refractivity contribution in [2.45, 2.75) is 0 Å². The Hall–Kier alpha value is -2.52. The van der Waals surface area contributed by atoms with Gasteiger partial charge in [0.1, 0.15) is 12.4 Å². The molecule has 3 nitrogen and oxygen atoms in total. The van der Waals surface area contributed by atoms with Gasteiger partial charge in [-0.3, -0.25) is 4.79 Å². The molecule has 0 saturated heterocycles. The number of nitrogens with zero attached hydrogens (tertiary/aromatic N) is 1. The van der Waals surface area contributed by atoms with E-state index in [1.165, 1.54) is 0 Å². The number of fused-ring (bicyclic) bond motifs is 1. The van der Waals surface area contributed by atoms with Crippen LogP contribution in [0.5, 0.6) is 5.75 Å². The van der Waals surface area contributed by atoms with Gasteiger partial charge in [-0.15, -0.1) is 0 Å². The zero-order valence-electron chi connectivity index (χ0n) is 13.4. The average molecular weight is 340 g/mol. The van der Waals surface area contributed by atoms with Crippen molar-refractivity contribution in [3.63, 3.8) is 0 Å². The molecular formula is C20H18ClNO2. The smallest absolute Gasteiger partial charge is 0.253 e. The number of hydrogen-bond acceptors (Lipinski definition) is 2. The van der Waals surface area contributed by atoms with Crippen molar-refractivity contribution < 1.29 is 9.53 Å². The van der Waals surface area contributed by atoms with Gasteiger partial charge in [0.2, 0.25) is 0 Å². The van der Waals surface area contributed by atoms with Gasteiger partial charge in [-0.2, -0.15) is 0 Å². The van der Waals surface area contributed by atoms with Crippen LogP contribution in [-0.2, 0) is 0 Å². The molecule has 0 N–H and O–H groups in total. The van der Waals surface area contributed by atoms with Crippen molar-refractivity contribution in [3.05, 3.63) is 77.3 Å². The van der Waals surface area contributed by atoms with Gasteiger partial charge >= 0.3 is 0 Å². The second-order valence-electron chi connectivity index (χ2n) is 5.57. The number of hydrogen-bond donors (Lipinski definition) is 0. The molecule has 0 bridgehead atoms. The molecule has 0 atom stereocenters. The first kappa shape index (κ1) is 16.3. The number of amides is 1. The lowest BCUT2D eigenvalue weighted by Crippen LogP contribution is -2.30. The number of carbonyl (C=O) groups excluding carboxylic acids is 1. The Morgan fingerprint density at radius 1 is 1.00 bits per heavy atom. The second-order valence-corrected chi connectivity index (χ2v) is 5.97. The highest BCUT2D eigenvalue weighted by atomic mass is 35.5. The molecule has 0 unspecified atom stereocenters. The fraction of sp³-hybridized carbons (Fsp3) is 0.150. The second kappa shape index (κ2) is 7.37. The molecule has 4 heteroatoms. The summed E-state index contributed by atoms with van der Waals surface area (Å²) in [5.41, 5.74) is 0.675. The number of rotatable bonds is 5. The summed E-state index contributed by atoms with van der Waals surface area (Å²) in [4.78, 5) is 14.2. The first-order valence-corrected chi connectivity index (χ1v) is 8.14. The van der Waals surface area contributed by atoms with Crippen LogP contribution in [0.15, 0.2) is 66.7 Å². The largest absolute Gasteiger partial charge is 0.490 e. The van der Waals surface area contributed by atoms with E-state index >= 15 is 0 Å². The molecule has 0 aliphatic carbocycles. The highest BCUT2D eigenvalue weighted by molar-refractivity contribution is 6.32. The summed E-state index contributed by atoms with van der Waals surface area (Å²) in [6.07, 6.45) is 0. The molecule has 3 aromatic rings. The number of benzene rings is 3. The Bertz CT molecular complexity index is 863. The molecule has 3 aromatic carbocycles. The quantitative estimate of drug-likeness (QED) is 0.677. The van der Waals surface area contributed by atoms with Crippen LogP contribution in [0.1, 0.15) is 10.4 Å². The van der Waals surface area contributed by atoms with E-state index in [1.54, 1.807) is 18.0 Å². The standard InChI is InChI=1S/C20H18ClNO2/c1-22(12-13-24-19-9-5-4-8-18(19)21)20(23)17-11-10-15-6-2-3-7-16(15)14-17/h2-11,14H,12-13H2,1H3. The van der Waals surface area contributed by atoms with E-state index in [4.69, 9.17) is 16.3 Å². The predicted octanol–water partition coefficient (Wildman–Crippen LogP) is 4.64. The van der Waals surface area contributed by atoms with Crippen molar-refractivity contribution in [2.24, 2.45) is 0 Å². The van der Waals surface area contributed by atoms with Gasteiger partial charge in [0.05, 0.1) is 11.6 Å². The Labute approximate surface area is 146 Å². The predicted molar refractivity (Wildman–Crippen MR) is 97.9 cm³/mol. The van der Waals surface area contributed by atoms with Crippen LogP contribution >= 0.6 is 11.6 Å². The molecule has 3 rings (SSSR count). The van der Waals surface area contributed by atoms with E-state index in [0.29, 0.717) is 29.5 Å². The zero-order valence-corrected chi connectivity index (χ0v) is 14.2. The van der Waals surface area contributed by atoms with Gasteiger partial charge in [0.15, 0.2) is 0 Å². The van der Waals surface area contributed by atoms with Gasteiger partial charge in [-0.25, -0.2) is 0 Å². The van der Waals surface area contributed by atoms with E-state index in [-0.39, 0.29) is 5.91 Å². The minimum Gasteiger partial charge on any atom is -0.490 e. The number of ether oxygens (including phenoxy) is 1. The highest BCUT2D eigenvalue weighted by Gasteiger charge is 2.12. The third-order valence-corrected chi connectivity index (χ3v) is 4.18. The molecule has 0 aliphatic heterocycles. The van der Waals surface area contributed by atoms with Gasteiger partial charge < -0.3 is 9.64 Å². The van der Waals surface area contributed by atoms with Gasteiger partial charge in [-0.1, -0.05) is 54.1 Å². The summed E-state index contributed by atoms with van der Waals surface area (Å²) in [6, 6.07) is 21.1. The summed E-state index contributed by atoms with van der Waals surface area (Å²) < 4.78 is 5.64. The molecule has 0 spiro atoms. The summed E-state index contributed by atoms with van der Waals surface area (Å²) in [6.45, 7) is 0.871. The molecular weight excluding hydrogens is 322 g/mol. The van der Waals surface area contributed by atoms with E-state index in [0.717, 1.165) is 10.8 Å². The highest BCUT2D eigenvalue weighted by Crippen LogP contribution is 2.23. The van der Waals surface area contributed by atoms with Crippen molar-refractivity contribution in [3.8, 4) is 5.75 Å². The third kappa shape index (κ3) is 3.69. The summed E-state index contributed by atoms with van der Waals surface area (Å²) in [7, 11) is 1.77. The molecule has 24 heavy (non-hydrogen) atoms. The molecule has 122 valence electrons. The maximum Gasteiger partial charge on any atom is 0.253 e. The van der Waals surface area contributed by atoms with Gasteiger partial charge in [-0.05, 0) is 35.0 Å². The minimum absolute atomic E-state index is 0.0245. The molecule has 0 saturated carbocycles. The maximum absolute atomic E-state index is 12.5. The molecule has 1 amide bonds. The SMILES string of the molecule is CN(CCOc1ccccc1Cl)C(=O)c1ccc2ccccc2c1. The van der Waals surface area contributed by atoms with Crippen LogP contribution in [0.3, 0.4) is 0 Å². The number of carbonyl (C=O) groups is 1. The summed E-state index contributed by atoms with van der Waals surface area (Å²) in [5, 5.41) is 2.75. The number of halogens is 1. The number of para-hydroxylation sites is 1. The third-order valence-electron chi connectivity index (χ3n) is 3.86. The van der Waals surface area contributed by atoms with Crippen LogP contribution in [0.25, 0.3) is 10.8 Å². The van der Waals surface area contributed by atoms with Gasteiger partial charge in [0, 0.05) is 12.6 Å². The van der Waals surface area contributed by atoms with Crippen molar-refractivity contribution in [2.75, 3.05) is 20.2 Å². The first-order valence-electron chi connectivity index (χ1n) is 7.77. The molecule has 0 fully saturated rings. The Kier molecular flexibility index (Phi) is 5.02. The lowest BCUT2D eigenvalue weighted by molar-refractivity contribution is 0.0774. The van der Waals surface area contributed by atoms with Crippen molar-refractivity contribution >= 4 is 28.3 Å². The maximum atomic E-state index is 12.5. The van der Waals surface area contributed by atoms with Crippen LogP contribution in [0, 0.1) is 0 Å². The first-order chi connectivity index (χ1) is 11.6. The monoisotopic (exact) mass is 339 g/mol. The summed E-state index contributed by atoms with van der Waals surface area (Å²) in [5.74, 6) is 0.606. The topological polar surface area (TPSA) is 29.5 Å². The normalized spacial score (nSPS) is 10.6. The number of likely N-dealkylation sites (N-methyl/N-ethyl adjacent to an activating group) is 1. The lowest BCUT2D eigenvalue weighted by Gasteiger charge is -2.18. The van der Waals surface area contributed by atoms with Crippen LogP contribution in [0.4, 0.5) is 0 Å². The molecule has 0 heterocycles. The lowest BCUT2D eigenvalue weighted by atomic mass is 10.1. The van der Waals surface area contributed by atoms with Gasteiger partial charge in [0.25, 0.3) is 5.91 Å². The molecule has 0 aromatic heterocycles. The fourth-order valence-corrected chi connectivity index (χ4v) is 2.69. The van der Waals surface area contributed by atoms with Crippen molar-refractivity contribution in [1.82, 2.24) is 4.90 Å². The van der Waals surface area contributed by atoms with E-state index < -0.39 is 0 Å². The van der Waals surface area contributed by atoms with Crippen LogP contribution < -0.4 is 4.74 Å². The van der Waals surface area contributed by atoms with E-state index in [2.05, 4.69) is 0 Å². The molecule has 0 aliphatic rings. The van der Waals surface area contributed by atoms with Crippen molar-refractivity contribution in [1.29, 1.82) is 0 Å². The molecule has 0 radical (unpaired) electrons. The van der Waals surface area contributed by atoms with E-state index in [9.17, 15) is 4.79 Å². The summed E-state index contributed by atoms with van der Waals surface area (Å²) >= 11 is 6.05. The Morgan fingerprint density at radius 3 is 2.50 bits per heavy atom.